The molecule has 18 heavy (non-hydrogen) atoms. The number of nitrogen functional groups attached to an aromatic ring is 1. The quantitative estimate of drug-likeness (QED) is 0.736. The number of nitrogens with one attached hydrogen (secondary N) is 1. The van der Waals surface area contributed by atoms with Crippen molar-refractivity contribution in [1.82, 2.24) is 25.2 Å². The molecule has 0 unspecified atom stereocenters. The molecule has 1 fully saturated rings. The van der Waals surface area contributed by atoms with E-state index in [9.17, 15) is 0 Å². The molecule has 1 aliphatic heterocycles. The van der Waals surface area contributed by atoms with Gasteiger partial charge in [0.2, 0.25) is 11.9 Å². The van der Waals surface area contributed by atoms with E-state index in [0.717, 1.165) is 32.0 Å². The van der Waals surface area contributed by atoms with E-state index in [-0.39, 0.29) is 5.95 Å². The first kappa shape index (κ1) is 13.0. The third kappa shape index (κ3) is 3.05. The highest BCUT2D eigenvalue weighted by molar-refractivity contribution is 5.32. The van der Waals surface area contributed by atoms with Crippen molar-refractivity contribution in [3.05, 3.63) is 5.82 Å². The van der Waals surface area contributed by atoms with Crippen LogP contribution in [0.3, 0.4) is 0 Å². The predicted octanol–water partition coefficient (Wildman–Crippen LogP) is -0.686. The van der Waals surface area contributed by atoms with E-state index in [1.54, 1.807) is 0 Å². The van der Waals surface area contributed by atoms with E-state index in [2.05, 4.69) is 32.1 Å². The number of anilines is 2. The molecule has 1 aromatic rings. The van der Waals surface area contributed by atoms with Gasteiger partial charge in [-0.1, -0.05) is 0 Å². The number of piperazine rings is 1. The monoisotopic (exact) mass is 251 g/mol. The molecule has 0 bridgehead atoms. The third-order valence-electron chi connectivity index (χ3n) is 3.07. The summed E-state index contributed by atoms with van der Waals surface area (Å²) in [6.07, 6.45) is 0. The Labute approximate surface area is 107 Å². The molecule has 1 saturated heterocycles. The second-order valence-electron chi connectivity index (χ2n) is 4.83. The van der Waals surface area contributed by atoms with Gasteiger partial charge >= 0.3 is 0 Å². The van der Waals surface area contributed by atoms with Crippen molar-refractivity contribution in [3.8, 4) is 0 Å². The van der Waals surface area contributed by atoms with Gasteiger partial charge in [0.05, 0.1) is 6.54 Å². The van der Waals surface area contributed by atoms with E-state index >= 15 is 0 Å². The lowest BCUT2D eigenvalue weighted by molar-refractivity contribution is 0.161. The number of hydrogen-bond donors (Lipinski definition) is 2. The molecule has 0 aromatic carbocycles. The predicted molar refractivity (Wildman–Crippen MR) is 71.3 cm³/mol. The van der Waals surface area contributed by atoms with Crippen molar-refractivity contribution in [3.63, 3.8) is 0 Å². The summed E-state index contributed by atoms with van der Waals surface area (Å²) in [6.45, 7) is 5.93. The van der Waals surface area contributed by atoms with Crippen LogP contribution in [0.5, 0.6) is 0 Å². The SMILES string of the molecule is C[C@@H]1CNCCN1Cc1nc(N)nc(N(C)C)n1. The molecular weight excluding hydrogens is 230 g/mol. The number of nitrogens with zero attached hydrogens (tertiary/aromatic N) is 5. The van der Waals surface area contributed by atoms with Crippen LogP contribution in [-0.2, 0) is 6.54 Å². The molecule has 2 rings (SSSR count). The average molecular weight is 251 g/mol. The number of aromatic nitrogens is 3. The van der Waals surface area contributed by atoms with Crippen LogP contribution in [0.2, 0.25) is 0 Å². The summed E-state index contributed by atoms with van der Waals surface area (Å²) in [5, 5.41) is 3.36. The molecule has 3 N–H and O–H groups in total. The Balaban J connectivity index is 2.12. The fraction of sp³-hybridized carbons (Fsp3) is 0.727. The maximum Gasteiger partial charge on any atom is 0.229 e. The van der Waals surface area contributed by atoms with Crippen molar-refractivity contribution in [2.24, 2.45) is 0 Å². The minimum atomic E-state index is 0.284. The van der Waals surface area contributed by atoms with E-state index in [4.69, 9.17) is 5.73 Å². The molecular formula is C11H21N7. The summed E-state index contributed by atoms with van der Waals surface area (Å²) in [5.41, 5.74) is 5.72. The van der Waals surface area contributed by atoms with E-state index in [0.29, 0.717) is 12.0 Å². The smallest absolute Gasteiger partial charge is 0.229 e. The molecule has 0 aliphatic carbocycles. The largest absolute Gasteiger partial charge is 0.368 e. The molecule has 100 valence electrons. The third-order valence-corrected chi connectivity index (χ3v) is 3.07. The first-order chi connectivity index (χ1) is 8.56. The Morgan fingerprint density at radius 1 is 1.39 bits per heavy atom. The maximum atomic E-state index is 5.72. The van der Waals surface area contributed by atoms with Crippen molar-refractivity contribution >= 4 is 11.9 Å². The van der Waals surface area contributed by atoms with Crippen LogP contribution in [0.4, 0.5) is 11.9 Å². The molecule has 1 aromatic heterocycles. The van der Waals surface area contributed by atoms with Crippen LogP contribution in [0.25, 0.3) is 0 Å². The van der Waals surface area contributed by atoms with E-state index in [1.807, 2.05) is 19.0 Å². The average Bonchev–Trinajstić information content (AvgIpc) is 2.31. The minimum absolute atomic E-state index is 0.284. The fourth-order valence-electron chi connectivity index (χ4n) is 2.00. The molecule has 0 saturated carbocycles. The molecule has 7 heteroatoms. The summed E-state index contributed by atoms with van der Waals surface area (Å²) < 4.78 is 0. The zero-order valence-electron chi connectivity index (χ0n) is 11.2. The van der Waals surface area contributed by atoms with Crippen LogP contribution >= 0.6 is 0 Å². The van der Waals surface area contributed by atoms with E-state index < -0.39 is 0 Å². The molecule has 2 heterocycles. The zero-order valence-corrected chi connectivity index (χ0v) is 11.2. The van der Waals surface area contributed by atoms with Crippen molar-refractivity contribution in [2.45, 2.75) is 19.5 Å². The zero-order chi connectivity index (χ0) is 13.1. The molecule has 7 nitrogen and oxygen atoms in total. The molecule has 0 amide bonds. The van der Waals surface area contributed by atoms with Gasteiger partial charge in [0.25, 0.3) is 0 Å². The Hall–Kier alpha value is -1.47. The lowest BCUT2D eigenvalue weighted by Crippen LogP contribution is -2.49. The lowest BCUT2D eigenvalue weighted by atomic mass is 10.2. The highest BCUT2D eigenvalue weighted by atomic mass is 15.3. The van der Waals surface area contributed by atoms with Crippen LogP contribution in [0, 0.1) is 0 Å². The first-order valence-corrected chi connectivity index (χ1v) is 6.19. The molecule has 1 aliphatic rings. The highest BCUT2D eigenvalue weighted by Gasteiger charge is 2.19. The van der Waals surface area contributed by atoms with Gasteiger partial charge in [-0.15, -0.1) is 0 Å². The van der Waals surface area contributed by atoms with Crippen LogP contribution < -0.4 is 16.0 Å². The fourth-order valence-corrected chi connectivity index (χ4v) is 2.00. The van der Waals surface area contributed by atoms with Crippen LogP contribution in [-0.4, -0.2) is 59.6 Å². The number of nitrogens with two attached hydrogens (primary N) is 1. The van der Waals surface area contributed by atoms with Crippen molar-refractivity contribution in [2.75, 3.05) is 44.4 Å². The molecule has 1 atom stereocenters. The topological polar surface area (TPSA) is 83.2 Å². The normalized spacial score (nSPS) is 20.9. The van der Waals surface area contributed by atoms with Crippen LogP contribution in [0.15, 0.2) is 0 Å². The second-order valence-corrected chi connectivity index (χ2v) is 4.83. The molecule has 0 radical (unpaired) electrons. The summed E-state index contributed by atoms with van der Waals surface area (Å²) in [7, 11) is 3.79. The van der Waals surface area contributed by atoms with Gasteiger partial charge in [-0.05, 0) is 6.92 Å². The molecule has 0 spiro atoms. The van der Waals surface area contributed by atoms with Gasteiger partial charge in [0, 0.05) is 39.8 Å². The summed E-state index contributed by atoms with van der Waals surface area (Å²) in [5.74, 6) is 1.63. The Bertz CT molecular complexity index is 406. The maximum absolute atomic E-state index is 5.72. The number of rotatable bonds is 3. The van der Waals surface area contributed by atoms with Gasteiger partial charge < -0.3 is 16.0 Å². The minimum Gasteiger partial charge on any atom is -0.368 e. The van der Waals surface area contributed by atoms with Gasteiger partial charge in [0.1, 0.15) is 5.82 Å². The van der Waals surface area contributed by atoms with Gasteiger partial charge in [-0.2, -0.15) is 15.0 Å². The highest BCUT2D eigenvalue weighted by Crippen LogP contribution is 2.10. The second kappa shape index (κ2) is 5.45. The van der Waals surface area contributed by atoms with Crippen molar-refractivity contribution in [1.29, 1.82) is 0 Å². The van der Waals surface area contributed by atoms with Gasteiger partial charge in [-0.3, -0.25) is 4.90 Å². The Kier molecular flexibility index (Phi) is 3.93. The lowest BCUT2D eigenvalue weighted by Gasteiger charge is -2.33. The Morgan fingerprint density at radius 2 is 2.17 bits per heavy atom. The van der Waals surface area contributed by atoms with Crippen LogP contribution in [0.1, 0.15) is 12.7 Å². The first-order valence-electron chi connectivity index (χ1n) is 6.19. The van der Waals surface area contributed by atoms with Gasteiger partial charge in [-0.25, -0.2) is 0 Å². The van der Waals surface area contributed by atoms with Gasteiger partial charge in [0.15, 0.2) is 0 Å². The summed E-state index contributed by atoms with van der Waals surface area (Å²) >= 11 is 0. The summed E-state index contributed by atoms with van der Waals surface area (Å²) in [4.78, 5) is 16.9. The summed E-state index contributed by atoms with van der Waals surface area (Å²) in [6, 6.07) is 0.486. The standard InChI is InChI=1S/C11H21N7/c1-8-6-13-4-5-18(8)7-9-14-10(12)16-11(15-9)17(2)3/h8,13H,4-7H2,1-3H3,(H2,12,14,15,16)/t8-/m1/s1. The number of hydrogen-bond acceptors (Lipinski definition) is 7. The Morgan fingerprint density at radius 3 is 2.83 bits per heavy atom. The van der Waals surface area contributed by atoms with E-state index in [1.165, 1.54) is 0 Å². The van der Waals surface area contributed by atoms with Crippen molar-refractivity contribution < 1.29 is 0 Å².